The van der Waals surface area contributed by atoms with Crippen LogP contribution in [0.25, 0.3) is 0 Å². The summed E-state index contributed by atoms with van der Waals surface area (Å²) in [5.74, 6) is -1.37. The van der Waals surface area contributed by atoms with E-state index in [0.29, 0.717) is 5.56 Å². The number of hydrogen-bond donors (Lipinski definition) is 2. The van der Waals surface area contributed by atoms with E-state index in [9.17, 15) is 26.0 Å². The number of carbonyl (C=O) groups is 1. The fourth-order valence-corrected chi connectivity index (χ4v) is 7.16. The van der Waals surface area contributed by atoms with Crippen LogP contribution in [0, 0.1) is 18.7 Å². The zero-order valence-corrected chi connectivity index (χ0v) is 22.5. The van der Waals surface area contributed by atoms with Crippen LogP contribution in [0.2, 0.25) is 0 Å². The molecule has 3 aromatic rings. The van der Waals surface area contributed by atoms with Crippen LogP contribution in [0.4, 0.5) is 4.39 Å². The van der Waals surface area contributed by atoms with Crippen molar-refractivity contribution >= 4 is 26.0 Å². The van der Waals surface area contributed by atoms with Gasteiger partial charge in [-0.15, -0.1) is 0 Å². The molecule has 8 nitrogen and oxygen atoms in total. The topological polar surface area (TPSA) is 113 Å². The average Bonchev–Trinajstić information content (AvgIpc) is 2.92. The van der Waals surface area contributed by atoms with Crippen molar-refractivity contribution in [1.29, 1.82) is 0 Å². The van der Waals surface area contributed by atoms with Gasteiger partial charge in [0.2, 0.25) is 26.0 Å². The Kier molecular flexibility index (Phi) is 8.61. The van der Waals surface area contributed by atoms with Gasteiger partial charge in [-0.05, 0) is 67.6 Å². The highest BCUT2D eigenvalue weighted by molar-refractivity contribution is 7.89. The summed E-state index contributed by atoms with van der Waals surface area (Å²) in [7, 11) is -7.74. The minimum absolute atomic E-state index is 0.0238. The van der Waals surface area contributed by atoms with Gasteiger partial charge in [0.15, 0.2) is 0 Å². The SMILES string of the molecule is Cc1ccc(S(=O)(=O)N2CCC(C(NS(=O)(=O)c3ccccc3)C(=O)NCc3ccc(F)cc3)CC2)cc1. The van der Waals surface area contributed by atoms with Gasteiger partial charge in [0.05, 0.1) is 9.79 Å². The van der Waals surface area contributed by atoms with Crippen LogP contribution in [-0.4, -0.2) is 46.2 Å². The number of benzene rings is 3. The summed E-state index contributed by atoms with van der Waals surface area (Å²) in [6.45, 7) is 2.26. The number of piperidine rings is 1. The van der Waals surface area contributed by atoms with Crippen molar-refractivity contribution in [2.45, 2.75) is 42.1 Å². The third-order valence-electron chi connectivity index (χ3n) is 6.63. The minimum atomic E-state index is -4.02. The molecule has 0 bridgehead atoms. The molecule has 11 heteroatoms. The van der Waals surface area contributed by atoms with Crippen molar-refractivity contribution in [3.63, 3.8) is 0 Å². The lowest BCUT2D eigenvalue weighted by Crippen LogP contribution is -2.53. The van der Waals surface area contributed by atoms with Gasteiger partial charge >= 0.3 is 0 Å². The van der Waals surface area contributed by atoms with Crippen LogP contribution in [0.3, 0.4) is 0 Å². The lowest BCUT2D eigenvalue weighted by Gasteiger charge is -2.35. The molecule has 0 spiro atoms. The van der Waals surface area contributed by atoms with Gasteiger partial charge in [-0.2, -0.15) is 9.03 Å². The number of halogens is 1. The van der Waals surface area contributed by atoms with Crippen LogP contribution in [0.5, 0.6) is 0 Å². The van der Waals surface area contributed by atoms with Crippen LogP contribution < -0.4 is 10.0 Å². The molecule has 1 saturated heterocycles. The van der Waals surface area contributed by atoms with Crippen LogP contribution in [0.1, 0.15) is 24.0 Å². The maximum atomic E-state index is 13.3. The summed E-state index contributed by atoms with van der Waals surface area (Å²) in [5.41, 5.74) is 1.60. The minimum Gasteiger partial charge on any atom is -0.351 e. The first kappa shape index (κ1) is 27.9. The maximum absolute atomic E-state index is 13.3. The predicted octanol–water partition coefficient (Wildman–Crippen LogP) is 3.20. The lowest BCUT2D eigenvalue weighted by atomic mass is 9.90. The van der Waals surface area contributed by atoms with E-state index in [1.165, 1.54) is 40.7 Å². The highest BCUT2D eigenvalue weighted by Gasteiger charge is 2.37. The average molecular weight is 560 g/mol. The zero-order valence-electron chi connectivity index (χ0n) is 20.9. The van der Waals surface area contributed by atoms with Crippen molar-refractivity contribution in [2.75, 3.05) is 13.1 Å². The van der Waals surface area contributed by atoms with E-state index in [1.807, 2.05) is 6.92 Å². The van der Waals surface area contributed by atoms with Crippen molar-refractivity contribution < 1.29 is 26.0 Å². The number of carbonyl (C=O) groups excluding carboxylic acids is 1. The van der Waals surface area contributed by atoms with Gasteiger partial charge < -0.3 is 5.32 Å². The molecule has 202 valence electrons. The summed E-state index contributed by atoms with van der Waals surface area (Å²) in [5, 5.41) is 2.74. The Morgan fingerprint density at radius 2 is 1.50 bits per heavy atom. The molecule has 4 rings (SSSR count). The molecule has 1 aliphatic rings. The van der Waals surface area contributed by atoms with Crippen molar-refractivity contribution in [2.24, 2.45) is 5.92 Å². The van der Waals surface area contributed by atoms with Crippen LogP contribution in [0.15, 0.2) is 88.7 Å². The molecule has 1 atom stereocenters. The maximum Gasteiger partial charge on any atom is 0.243 e. The molecule has 0 aromatic heterocycles. The van der Waals surface area contributed by atoms with E-state index in [4.69, 9.17) is 0 Å². The van der Waals surface area contributed by atoms with E-state index in [2.05, 4.69) is 10.0 Å². The van der Waals surface area contributed by atoms with E-state index >= 15 is 0 Å². The molecule has 2 N–H and O–H groups in total. The van der Waals surface area contributed by atoms with Crippen LogP contribution in [-0.2, 0) is 31.4 Å². The summed E-state index contributed by atoms with van der Waals surface area (Å²) < 4.78 is 69.6. The van der Waals surface area contributed by atoms with Gasteiger partial charge in [-0.3, -0.25) is 4.79 Å². The second kappa shape index (κ2) is 11.7. The largest absolute Gasteiger partial charge is 0.351 e. The Morgan fingerprint density at radius 3 is 2.11 bits per heavy atom. The monoisotopic (exact) mass is 559 g/mol. The molecular weight excluding hydrogens is 529 g/mol. The molecule has 0 radical (unpaired) electrons. The highest BCUT2D eigenvalue weighted by Crippen LogP contribution is 2.27. The summed E-state index contributed by atoms with van der Waals surface area (Å²) in [6.07, 6.45) is 0.577. The Morgan fingerprint density at radius 1 is 0.895 bits per heavy atom. The van der Waals surface area contributed by atoms with Gasteiger partial charge in [0, 0.05) is 19.6 Å². The van der Waals surface area contributed by atoms with Crippen molar-refractivity contribution in [1.82, 2.24) is 14.3 Å². The predicted molar refractivity (Wildman–Crippen MR) is 141 cm³/mol. The smallest absolute Gasteiger partial charge is 0.243 e. The Labute approximate surface area is 223 Å². The standard InChI is InChI=1S/C27H30FN3O5S2/c1-20-7-13-25(14-8-20)38(35,36)31-17-15-22(16-18-31)26(30-37(33,34)24-5-3-2-4-6-24)27(32)29-19-21-9-11-23(28)12-10-21/h2-14,22,26,30H,15-19H2,1H3,(H,29,32). The Hall–Kier alpha value is -3.12. The highest BCUT2D eigenvalue weighted by atomic mass is 32.2. The van der Waals surface area contributed by atoms with Gasteiger partial charge in [0.25, 0.3) is 0 Å². The molecule has 1 heterocycles. The second-order valence-corrected chi connectivity index (χ2v) is 13.0. The molecule has 0 aliphatic carbocycles. The number of nitrogens with one attached hydrogen (secondary N) is 2. The van der Waals surface area contributed by atoms with E-state index in [-0.39, 0.29) is 42.3 Å². The first-order valence-electron chi connectivity index (χ1n) is 12.2. The first-order chi connectivity index (χ1) is 18.1. The molecule has 1 fully saturated rings. The third-order valence-corrected chi connectivity index (χ3v) is 10.00. The number of aryl methyl sites for hydroxylation is 1. The molecule has 1 unspecified atom stereocenters. The number of sulfonamides is 2. The lowest BCUT2D eigenvalue weighted by molar-refractivity contribution is -0.124. The fraction of sp³-hybridized carbons (Fsp3) is 0.296. The van der Waals surface area contributed by atoms with Gasteiger partial charge in [0.1, 0.15) is 11.9 Å². The number of nitrogens with zero attached hydrogens (tertiary/aromatic N) is 1. The normalized spacial score (nSPS) is 16.2. The zero-order chi connectivity index (χ0) is 27.3. The van der Waals surface area contributed by atoms with Crippen LogP contribution >= 0.6 is 0 Å². The number of amides is 1. The van der Waals surface area contributed by atoms with Gasteiger partial charge in [-0.25, -0.2) is 21.2 Å². The molecule has 38 heavy (non-hydrogen) atoms. The Balaban J connectivity index is 1.50. The number of rotatable bonds is 9. The molecule has 3 aromatic carbocycles. The summed E-state index contributed by atoms with van der Waals surface area (Å²) >= 11 is 0. The summed E-state index contributed by atoms with van der Waals surface area (Å²) in [4.78, 5) is 13.5. The fourth-order valence-electron chi connectivity index (χ4n) is 4.41. The Bertz CT molecular complexity index is 1460. The van der Waals surface area contributed by atoms with Gasteiger partial charge in [-0.1, -0.05) is 48.0 Å². The third kappa shape index (κ3) is 6.65. The quantitative estimate of drug-likeness (QED) is 0.418. The first-order valence-corrected chi connectivity index (χ1v) is 15.1. The van der Waals surface area contributed by atoms with Crippen molar-refractivity contribution in [3.8, 4) is 0 Å². The number of hydrogen-bond acceptors (Lipinski definition) is 5. The van der Waals surface area contributed by atoms with E-state index in [0.717, 1.165) is 5.56 Å². The van der Waals surface area contributed by atoms with Crippen molar-refractivity contribution in [3.05, 3.63) is 95.8 Å². The molecule has 0 saturated carbocycles. The molecule has 1 amide bonds. The molecule has 1 aliphatic heterocycles. The van der Waals surface area contributed by atoms with E-state index in [1.54, 1.807) is 42.5 Å². The van der Waals surface area contributed by atoms with E-state index < -0.39 is 43.7 Å². The second-order valence-electron chi connectivity index (χ2n) is 9.31. The summed E-state index contributed by atoms with van der Waals surface area (Å²) in [6, 6.07) is 18.9. The molecular formula is C27H30FN3O5S2.